The third-order valence-electron chi connectivity index (χ3n) is 4.12. The quantitative estimate of drug-likeness (QED) is 0.679. The van der Waals surface area contributed by atoms with Crippen LogP contribution in [0.4, 0.5) is 0 Å². The molecule has 0 amide bonds. The van der Waals surface area contributed by atoms with Gasteiger partial charge < -0.3 is 14.7 Å². The molecule has 0 saturated carbocycles. The molecule has 24 heavy (non-hydrogen) atoms. The Hall–Kier alpha value is -2.05. The fourth-order valence-electron chi connectivity index (χ4n) is 2.78. The van der Waals surface area contributed by atoms with Gasteiger partial charge in [-0.2, -0.15) is 0 Å². The van der Waals surface area contributed by atoms with Crippen LogP contribution in [0.15, 0.2) is 46.1 Å². The largest absolute Gasteiger partial charge is 0.364 e. The molecule has 0 spiro atoms. The molecule has 1 saturated heterocycles. The number of rotatable bonds is 4. The van der Waals surface area contributed by atoms with Crippen LogP contribution in [0, 0.1) is 0 Å². The van der Waals surface area contributed by atoms with Crippen LogP contribution >= 0.6 is 11.6 Å². The average molecular weight is 348 g/mol. The minimum atomic E-state index is 0.739. The van der Waals surface area contributed by atoms with Crippen LogP contribution < -0.4 is 5.32 Å². The van der Waals surface area contributed by atoms with E-state index in [2.05, 4.69) is 25.3 Å². The van der Waals surface area contributed by atoms with E-state index in [4.69, 9.17) is 16.1 Å². The predicted octanol–water partition coefficient (Wildman–Crippen LogP) is 2.22. The monoisotopic (exact) mass is 347 g/mol. The molecule has 2 heterocycles. The van der Waals surface area contributed by atoms with E-state index in [1.807, 2.05) is 37.4 Å². The molecule has 0 aliphatic carbocycles. The molecule has 1 aromatic heterocycles. The van der Waals surface area contributed by atoms with Crippen molar-refractivity contribution in [3.8, 4) is 0 Å². The molecule has 0 atom stereocenters. The highest BCUT2D eigenvalue weighted by Gasteiger charge is 2.20. The van der Waals surface area contributed by atoms with E-state index >= 15 is 0 Å². The van der Waals surface area contributed by atoms with Crippen LogP contribution in [0.2, 0.25) is 5.02 Å². The summed E-state index contributed by atoms with van der Waals surface area (Å²) in [5.74, 6) is 0.936. The first-order valence-corrected chi connectivity index (χ1v) is 8.44. The summed E-state index contributed by atoms with van der Waals surface area (Å²) in [6.07, 6.45) is 1.62. The second-order valence-electron chi connectivity index (χ2n) is 5.78. The summed E-state index contributed by atoms with van der Waals surface area (Å²) in [6.45, 7) is 5.42. The number of nitrogens with zero attached hydrogens (tertiary/aromatic N) is 4. The molecule has 0 unspecified atom stereocenters. The van der Waals surface area contributed by atoms with Gasteiger partial charge in [0, 0.05) is 57.4 Å². The van der Waals surface area contributed by atoms with Crippen LogP contribution in [0.3, 0.4) is 0 Å². The highest BCUT2D eigenvalue weighted by Crippen LogP contribution is 2.10. The maximum atomic E-state index is 5.92. The Balaban J connectivity index is 1.47. The molecule has 0 bridgehead atoms. The highest BCUT2D eigenvalue weighted by molar-refractivity contribution is 6.30. The number of piperazine rings is 1. The molecule has 0 radical (unpaired) electrons. The lowest BCUT2D eigenvalue weighted by molar-refractivity contribution is 0.169. The van der Waals surface area contributed by atoms with Gasteiger partial charge in [-0.3, -0.25) is 9.89 Å². The first-order chi connectivity index (χ1) is 11.7. The van der Waals surface area contributed by atoms with E-state index in [-0.39, 0.29) is 0 Å². The lowest BCUT2D eigenvalue weighted by Gasteiger charge is -2.36. The first kappa shape index (κ1) is 16.8. The fraction of sp³-hybridized carbons (Fsp3) is 0.412. The minimum absolute atomic E-state index is 0.739. The Morgan fingerprint density at radius 1 is 1.21 bits per heavy atom. The highest BCUT2D eigenvalue weighted by atomic mass is 35.5. The zero-order valence-electron chi connectivity index (χ0n) is 13.8. The van der Waals surface area contributed by atoms with Crippen molar-refractivity contribution >= 4 is 17.6 Å². The van der Waals surface area contributed by atoms with Gasteiger partial charge in [-0.05, 0) is 17.7 Å². The summed E-state index contributed by atoms with van der Waals surface area (Å²) in [7, 11) is 1.83. The smallest absolute Gasteiger partial charge is 0.194 e. The van der Waals surface area contributed by atoms with Gasteiger partial charge in [0.25, 0.3) is 0 Å². The Labute approximate surface area is 147 Å². The number of hydrogen-bond acceptors (Lipinski definition) is 4. The lowest BCUT2D eigenvalue weighted by atomic mass is 10.2. The van der Waals surface area contributed by atoms with Gasteiger partial charge in [-0.25, -0.2) is 0 Å². The molecule has 1 fully saturated rings. The van der Waals surface area contributed by atoms with Crippen molar-refractivity contribution in [3.63, 3.8) is 0 Å². The van der Waals surface area contributed by atoms with E-state index < -0.39 is 0 Å². The van der Waals surface area contributed by atoms with E-state index in [1.54, 1.807) is 6.26 Å². The third-order valence-corrected chi connectivity index (χ3v) is 4.38. The molecule has 7 heteroatoms. The number of guanidine groups is 1. The van der Waals surface area contributed by atoms with Gasteiger partial charge in [-0.1, -0.05) is 28.9 Å². The Kier molecular flexibility index (Phi) is 5.72. The average Bonchev–Trinajstić information content (AvgIpc) is 3.11. The number of aliphatic imine (C=N–C) groups is 1. The number of benzene rings is 1. The molecule has 3 rings (SSSR count). The standard InChI is InChI=1S/C17H22ClN5O/c1-19-17(20-12-14-2-4-15(18)5-3-14)23-9-7-22(8-10-23)13-16-6-11-24-21-16/h2-6,11H,7-10,12-13H2,1H3,(H,19,20). The van der Waals surface area contributed by atoms with Gasteiger partial charge in [-0.15, -0.1) is 0 Å². The fourth-order valence-corrected chi connectivity index (χ4v) is 2.91. The normalized spacial score (nSPS) is 16.4. The van der Waals surface area contributed by atoms with Gasteiger partial charge in [0.15, 0.2) is 5.96 Å². The summed E-state index contributed by atoms with van der Waals surface area (Å²) >= 11 is 5.92. The number of nitrogens with one attached hydrogen (secondary N) is 1. The number of halogens is 1. The molecule has 1 aliphatic heterocycles. The van der Waals surface area contributed by atoms with Crippen molar-refractivity contribution in [2.45, 2.75) is 13.1 Å². The van der Waals surface area contributed by atoms with Crippen LogP contribution in [-0.4, -0.2) is 54.1 Å². The van der Waals surface area contributed by atoms with Crippen molar-refractivity contribution in [1.82, 2.24) is 20.3 Å². The maximum absolute atomic E-state index is 5.92. The topological polar surface area (TPSA) is 56.9 Å². The maximum Gasteiger partial charge on any atom is 0.194 e. The summed E-state index contributed by atoms with van der Waals surface area (Å²) in [6, 6.07) is 9.78. The Morgan fingerprint density at radius 2 is 1.96 bits per heavy atom. The van der Waals surface area contributed by atoms with Crippen LogP contribution in [-0.2, 0) is 13.1 Å². The minimum Gasteiger partial charge on any atom is -0.364 e. The number of aromatic nitrogens is 1. The van der Waals surface area contributed by atoms with Crippen molar-refractivity contribution in [2.75, 3.05) is 33.2 Å². The Morgan fingerprint density at radius 3 is 2.58 bits per heavy atom. The van der Waals surface area contributed by atoms with Crippen molar-refractivity contribution < 1.29 is 4.52 Å². The van der Waals surface area contributed by atoms with Gasteiger partial charge in [0.05, 0.1) is 5.69 Å². The third kappa shape index (κ3) is 4.49. The van der Waals surface area contributed by atoms with Crippen LogP contribution in [0.1, 0.15) is 11.3 Å². The predicted molar refractivity (Wildman–Crippen MR) is 95.0 cm³/mol. The number of hydrogen-bond donors (Lipinski definition) is 1. The first-order valence-electron chi connectivity index (χ1n) is 8.06. The molecular weight excluding hydrogens is 326 g/mol. The molecule has 6 nitrogen and oxygen atoms in total. The van der Waals surface area contributed by atoms with Crippen LogP contribution in [0.5, 0.6) is 0 Å². The van der Waals surface area contributed by atoms with E-state index in [0.29, 0.717) is 0 Å². The zero-order valence-corrected chi connectivity index (χ0v) is 14.5. The molecule has 1 aromatic carbocycles. The van der Waals surface area contributed by atoms with Gasteiger partial charge in [0.1, 0.15) is 6.26 Å². The van der Waals surface area contributed by atoms with E-state index in [0.717, 1.165) is 55.9 Å². The molecule has 128 valence electrons. The molecule has 1 aliphatic rings. The van der Waals surface area contributed by atoms with E-state index in [1.165, 1.54) is 5.56 Å². The Bertz CT molecular complexity index is 648. The van der Waals surface area contributed by atoms with Crippen molar-refractivity contribution in [3.05, 3.63) is 52.9 Å². The second-order valence-corrected chi connectivity index (χ2v) is 6.22. The molecule has 1 N–H and O–H groups in total. The summed E-state index contributed by atoms with van der Waals surface area (Å²) < 4.78 is 4.89. The van der Waals surface area contributed by atoms with E-state index in [9.17, 15) is 0 Å². The summed E-state index contributed by atoms with van der Waals surface area (Å²) in [4.78, 5) is 9.07. The van der Waals surface area contributed by atoms with Gasteiger partial charge in [0.2, 0.25) is 0 Å². The summed E-state index contributed by atoms with van der Waals surface area (Å²) in [5, 5.41) is 8.15. The molecule has 2 aromatic rings. The SMILES string of the molecule is CN=C(NCc1ccc(Cl)cc1)N1CCN(Cc2ccon2)CC1. The second kappa shape index (κ2) is 8.17. The molecular formula is C17H22ClN5O. The van der Waals surface area contributed by atoms with Gasteiger partial charge >= 0.3 is 0 Å². The van der Waals surface area contributed by atoms with Crippen molar-refractivity contribution in [1.29, 1.82) is 0 Å². The lowest BCUT2D eigenvalue weighted by Crippen LogP contribution is -2.52. The van der Waals surface area contributed by atoms with Crippen molar-refractivity contribution in [2.24, 2.45) is 4.99 Å². The summed E-state index contributed by atoms with van der Waals surface area (Å²) in [5.41, 5.74) is 2.17. The van der Waals surface area contributed by atoms with Crippen LogP contribution in [0.25, 0.3) is 0 Å². The zero-order chi connectivity index (χ0) is 16.8.